The molecule has 20 heavy (non-hydrogen) atoms. The molecule has 0 radical (unpaired) electrons. The van der Waals surface area contributed by atoms with E-state index < -0.39 is 0 Å². The second-order valence-electron chi connectivity index (χ2n) is 4.94. The molecule has 0 amide bonds. The third-order valence-corrected chi connectivity index (χ3v) is 4.50. The molecule has 3 heteroatoms. The molecule has 106 valence electrons. The van der Waals surface area contributed by atoms with Crippen LogP contribution in [0.15, 0.2) is 42.5 Å². The van der Waals surface area contributed by atoms with Gasteiger partial charge in [-0.2, -0.15) is 0 Å². The summed E-state index contributed by atoms with van der Waals surface area (Å²) in [5.74, 6) is 0.261. The molecule has 1 atom stereocenters. The monoisotopic (exact) mass is 307 g/mol. The quantitative estimate of drug-likeness (QED) is 0.840. The van der Waals surface area contributed by atoms with E-state index in [2.05, 4.69) is 31.2 Å². The van der Waals surface area contributed by atoms with Crippen molar-refractivity contribution in [1.29, 1.82) is 0 Å². The molecule has 1 unspecified atom stereocenters. The maximum atomic E-state index is 6.26. The summed E-state index contributed by atoms with van der Waals surface area (Å²) < 4.78 is 0. The van der Waals surface area contributed by atoms with Gasteiger partial charge in [-0.3, -0.25) is 0 Å². The highest BCUT2D eigenvalue weighted by atomic mass is 35.5. The van der Waals surface area contributed by atoms with E-state index in [-0.39, 0.29) is 5.92 Å². The summed E-state index contributed by atoms with van der Waals surface area (Å²) in [6.07, 6.45) is 1.86. The minimum absolute atomic E-state index is 0.261. The fraction of sp³-hybridized carbons (Fsp3) is 0.294. The topological polar surface area (TPSA) is 26.0 Å². The van der Waals surface area contributed by atoms with Gasteiger partial charge in [0.15, 0.2) is 0 Å². The van der Waals surface area contributed by atoms with Crippen LogP contribution in [0.1, 0.15) is 29.5 Å². The van der Waals surface area contributed by atoms with Gasteiger partial charge in [0.2, 0.25) is 0 Å². The smallest absolute Gasteiger partial charge is 0.0624 e. The van der Waals surface area contributed by atoms with Crippen LogP contribution in [0.4, 0.5) is 0 Å². The molecule has 0 spiro atoms. The predicted octanol–water partition coefficient (Wildman–Crippen LogP) is 4.84. The van der Waals surface area contributed by atoms with Gasteiger partial charge in [-0.05, 0) is 42.1 Å². The molecule has 0 aliphatic heterocycles. The van der Waals surface area contributed by atoms with Crippen LogP contribution in [0.2, 0.25) is 10.0 Å². The van der Waals surface area contributed by atoms with Crippen LogP contribution in [0.3, 0.4) is 0 Å². The van der Waals surface area contributed by atoms with E-state index in [1.165, 1.54) is 11.1 Å². The second kappa shape index (κ2) is 7.12. The Labute approximate surface area is 130 Å². The molecular weight excluding hydrogens is 289 g/mol. The molecule has 1 nitrogen and oxygen atoms in total. The lowest BCUT2D eigenvalue weighted by Crippen LogP contribution is -2.15. The number of rotatable bonds is 5. The van der Waals surface area contributed by atoms with Crippen LogP contribution in [-0.2, 0) is 12.8 Å². The van der Waals surface area contributed by atoms with E-state index in [1.807, 2.05) is 12.1 Å². The van der Waals surface area contributed by atoms with Crippen LogP contribution in [-0.4, -0.2) is 6.54 Å². The van der Waals surface area contributed by atoms with E-state index in [1.54, 1.807) is 6.07 Å². The lowest BCUT2D eigenvalue weighted by molar-refractivity contribution is 0.694. The fourth-order valence-corrected chi connectivity index (χ4v) is 2.73. The number of benzene rings is 2. The zero-order valence-corrected chi connectivity index (χ0v) is 13.1. The molecule has 2 aromatic carbocycles. The van der Waals surface area contributed by atoms with E-state index >= 15 is 0 Å². The Kier molecular flexibility index (Phi) is 5.47. The Balaban J connectivity index is 2.21. The van der Waals surface area contributed by atoms with Gasteiger partial charge in [-0.1, -0.05) is 66.5 Å². The third kappa shape index (κ3) is 3.54. The highest BCUT2D eigenvalue weighted by molar-refractivity contribution is 6.42. The van der Waals surface area contributed by atoms with Crippen molar-refractivity contribution in [1.82, 2.24) is 0 Å². The first-order valence-electron chi connectivity index (χ1n) is 6.87. The van der Waals surface area contributed by atoms with Crippen LogP contribution in [0.5, 0.6) is 0 Å². The Morgan fingerprint density at radius 3 is 2.35 bits per heavy atom. The number of nitrogens with two attached hydrogens (primary N) is 1. The third-order valence-electron chi connectivity index (χ3n) is 3.64. The molecular formula is C17H19Cl2N. The van der Waals surface area contributed by atoms with Crippen molar-refractivity contribution in [2.75, 3.05) is 6.54 Å². The number of hydrogen-bond acceptors (Lipinski definition) is 1. The summed E-state index contributed by atoms with van der Waals surface area (Å²) in [4.78, 5) is 0. The van der Waals surface area contributed by atoms with Gasteiger partial charge in [0.1, 0.15) is 0 Å². The van der Waals surface area contributed by atoms with Crippen molar-refractivity contribution < 1.29 is 0 Å². The van der Waals surface area contributed by atoms with Crippen molar-refractivity contribution in [2.24, 2.45) is 5.73 Å². The van der Waals surface area contributed by atoms with E-state index in [0.29, 0.717) is 16.6 Å². The highest BCUT2D eigenvalue weighted by Crippen LogP contribution is 2.30. The van der Waals surface area contributed by atoms with E-state index in [0.717, 1.165) is 18.4 Å². The van der Waals surface area contributed by atoms with Crippen LogP contribution < -0.4 is 5.73 Å². The molecule has 0 bridgehead atoms. The standard InChI is InChI=1S/C17H19Cl2N/c1-2-12-6-8-13(9-7-12)15(11-20)10-14-4-3-5-16(18)17(14)19/h3-9,15H,2,10-11,20H2,1H3. The lowest BCUT2D eigenvalue weighted by Gasteiger charge is -2.17. The molecule has 2 rings (SSSR count). The molecule has 0 heterocycles. The molecule has 2 N–H and O–H groups in total. The fourth-order valence-electron chi connectivity index (χ4n) is 2.33. The van der Waals surface area contributed by atoms with Gasteiger partial charge < -0.3 is 5.73 Å². The van der Waals surface area contributed by atoms with Gasteiger partial charge in [0.25, 0.3) is 0 Å². The van der Waals surface area contributed by atoms with Gasteiger partial charge in [-0.15, -0.1) is 0 Å². The van der Waals surface area contributed by atoms with Crippen LogP contribution in [0.25, 0.3) is 0 Å². The molecule has 0 aliphatic rings. The Morgan fingerprint density at radius 1 is 1.05 bits per heavy atom. The number of halogens is 2. The summed E-state index contributed by atoms with van der Waals surface area (Å²) in [7, 11) is 0. The molecule has 0 saturated heterocycles. The first kappa shape index (κ1) is 15.4. The van der Waals surface area contributed by atoms with Crippen molar-refractivity contribution in [3.8, 4) is 0 Å². The largest absolute Gasteiger partial charge is 0.330 e. The minimum atomic E-state index is 0.261. The van der Waals surface area contributed by atoms with Crippen molar-refractivity contribution in [2.45, 2.75) is 25.7 Å². The SMILES string of the molecule is CCc1ccc(C(CN)Cc2cccc(Cl)c2Cl)cc1. The van der Waals surface area contributed by atoms with Crippen LogP contribution >= 0.6 is 23.2 Å². The maximum absolute atomic E-state index is 6.26. The minimum Gasteiger partial charge on any atom is -0.330 e. The summed E-state index contributed by atoms with van der Waals surface area (Å²) in [5.41, 5.74) is 9.57. The summed E-state index contributed by atoms with van der Waals surface area (Å²) in [5, 5.41) is 1.24. The second-order valence-corrected chi connectivity index (χ2v) is 5.73. The normalized spacial score (nSPS) is 12.4. The van der Waals surface area contributed by atoms with Gasteiger partial charge in [-0.25, -0.2) is 0 Å². The Morgan fingerprint density at radius 2 is 1.75 bits per heavy atom. The van der Waals surface area contributed by atoms with Gasteiger partial charge in [0.05, 0.1) is 10.0 Å². The zero-order valence-electron chi connectivity index (χ0n) is 11.6. The van der Waals surface area contributed by atoms with Gasteiger partial charge in [0, 0.05) is 5.92 Å². The first-order valence-corrected chi connectivity index (χ1v) is 7.63. The molecule has 0 saturated carbocycles. The van der Waals surface area contributed by atoms with E-state index in [9.17, 15) is 0 Å². The summed E-state index contributed by atoms with van der Waals surface area (Å²) in [6, 6.07) is 14.4. The van der Waals surface area contributed by atoms with Crippen LogP contribution in [0, 0.1) is 0 Å². The molecule has 0 aliphatic carbocycles. The zero-order chi connectivity index (χ0) is 14.5. The van der Waals surface area contributed by atoms with Crippen molar-refractivity contribution in [3.63, 3.8) is 0 Å². The average molecular weight is 308 g/mol. The molecule has 0 fully saturated rings. The number of hydrogen-bond donors (Lipinski definition) is 1. The number of aryl methyl sites for hydroxylation is 1. The molecule has 0 aromatic heterocycles. The Bertz CT molecular complexity index is 564. The first-order chi connectivity index (χ1) is 9.65. The van der Waals surface area contributed by atoms with Gasteiger partial charge >= 0.3 is 0 Å². The van der Waals surface area contributed by atoms with Crippen molar-refractivity contribution in [3.05, 3.63) is 69.2 Å². The molecule has 2 aromatic rings. The average Bonchev–Trinajstić information content (AvgIpc) is 2.49. The summed E-state index contributed by atoms with van der Waals surface area (Å²) >= 11 is 12.3. The van der Waals surface area contributed by atoms with Crippen molar-refractivity contribution >= 4 is 23.2 Å². The Hall–Kier alpha value is -1.02. The lowest BCUT2D eigenvalue weighted by atomic mass is 9.91. The van der Waals surface area contributed by atoms with E-state index in [4.69, 9.17) is 28.9 Å². The highest BCUT2D eigenvalue weighted by Gasteiger charge is 2.13. The predicted molar refractivity (Wildman–Crippen MR) is 87.8 cm³/mol. The maximum Gasteiger partial charge on any atom is 0.0624 e. The summed E-state index contributed by atoms with van der Waals surface area (Å²) in [6.45, 7) is 2.75.